The van der Waals surface area contributed by atoms with Crippen molar-refractivity contribution in [3.63, 3.8) is 0 Å². The monoisotopic (exact) mass is 451 g/mol. The van der Waals surface area contributed by atoms with E-state index in [0.717, 1.165) is 45.8 Å². The van der Waals surface area contributed by atoms with Crippen LogP contribution in [0, 0.1) is 0 Å². The summed E-state index contributed by atoms with van der Waals surface area (Å²) in [6, 6.07) is 19.9. The second-order valence-corrected chi connectivity index (χ2v) is 8.23. The molecule has 0 unspecified atom stereocenters. The third-order valence-electron chi connectivity index (χ3n) is 5.24. The van der Waals surface area contributed by atoms with Gasteiger partial charge in [0, 0.05) is 23.3 Å². The Labute approximate surface area is 197 Å². The molecule has 0 bridgehead atoms. The normalized spacial score (nSPS) is 11.1. The van der Waals surface area contributed by atoms with Gasteiger partial charge in [-0.2, -0.15) is 0 Å². The summed E-state index contributed by atoms with van der Waals surface area (Å²) in [5, 5.41) is 4.25. The summed E-state index contributed by atoms with van der Waals surface area (Å²) >= 11 is 0. The van der Waals surface area contributed by atoms with Gasteiger partial charge in [-0.25, -0.2) is 15.0 Å². The molecule has 8 heteroatoms. The van der Waals surface area contributed by atoms with Gasteiger partial charge in [-0.1, -0.05) is 30.3 Å². The number of aromatic amines is 1. The Hall–Kier alpha value is -4.30. The first-order chi connectivity index (χ1) is 16.6. The molecule has 5 aromatic rings. The number of imidazole rings is 1. The van der Waals surface area contributed by atoms with Gasteiger partial charge in [-0.15, -0.1) is 0 Å². The Balaban J connectivity index is 1.34. The number of ether oxygens (including phenoxy) is 1. The van der Waals surface area contributed by atoms with E-state index in [2.05, 4.69) is 35.1 Å². The van der Waals surface area contributed by atoms with E-state index in [4.69, 9.17) is 4.74 Å². The lowest BCUT2D eigenvalue weighted by atomic mass is 10.2. The van der Waals surface area contributed by atoms with Gasteiger partial charge in [0.05, 0.1) is 17.9 Å². The standard InChI is InChI=1S/C26H25N7O/c1-33(2)15-20-13-28-26(32-20)23-12-22-24(14-27-23)29-17-30-25(22)31-19-8-10-21(11-9-19)34-16-18-6-4-3-5-7-18/h3-14,17H,15-16H2,1-2H3,(H,28,32)(H,29,30,31). The number of pyridine rings is 1. The fraction of sp³-hybridized carbons (Fsp3) is 0.154. The van der Waals surface area contributed by atoms with Crippen LogP contribution in [0.1, 0.15) is 11.3 Å². The molecule has 5 rings (SSSR count). The third kappa shape index (κ3) is 5.02. The van der Waals surface area contributed by atoms with Gasteiger partial charge < -0.3 is 19.9 Å². The fourth-order valence-electron chi connectivity index (χ4n) is 3.61. The van der Waals surface area contributed by atoms with Crippen molar-refractivity contribution in [1.82, 2.24) is 29.8 Å². The summed E-state index contributed by atoms with van der Waals surface area (Å²) in [7, 11) is 4.04. The summed E-state index contributed by atoms with van der Waals surface area (Å²) in [6.07, 6.45) is 5.11. The molecule has 3 aromatic heterocycles. The van der Waals surface area contributed by atoms with Crippen molar-refractivity contribution in [3.8, 4) is 17.3 Å². The van der Waals surface area contributed by atoms with Crippen molar-refractivity contribution < 1.29 is 4.74 Å². The predicted octanol–water partition coefficient (Wildman–Crippen LogP) is 4.80. The maximum Gasteiger partial charge on any atom is 0.156 e. The number of fused-ring (bicyclic) bond motifs is 1. The lowest BCUT2D eigenvalue weighted by Crippen LogP contribution is -2.10. The number of hydrogen-bond donors (Lipinski definition) is 2. The molecule has 0 saturated heterocycles. The Morgan fingerprint density at radius 3 is 2.53 bits per heavy atom. The topological polar surface area (TPSA) is 91.8 Å². The van der Waals surface area contributed by atoms with Crippen molar-refractivity contribution >= 4 is 22.4 Å². The van der Waals surface area contributed by atoms with Gasteiger partial charge in [0.2, 0.25) is 0 Å². The second kappa shape index (κ2) is 9.68. The van der Waals surface area contributed by atoms with Gasteiger partial charge in [-0.05, 0) is 50.0 Å². The summed E-state index contributed by atoms with van der Waals surface area (Å²) < 4.78 is 5.88. The number of anilines is 2. The Morgan fingerprint density at radius 2 is 1.74 bits per heavy atom. The van der Waals surface area contributed by atoms with E-state index in [1.807, 2.05) is 81.0 Å². The smallest absolute Gasteiger partial charge is 0.156 e. The van der Waals surface area contributed by atoms with Crippen molar-refractivity contribution in [2.45, 2.75) is 13.2 Å². The summed E-state index contributed by atoms with van der Waals surface area (Å²) in [6.45, 7) is 1.31. The van der Waals surface area contributed by atoms with Crippen LogP contribution in [0.15, 0.2) is 79.4 Å². The van der Waals surface area contributed by atoms with Gasteiger partial charge >= 0.3 is 0 Å². The number of nitrogens with one attached hydrogen (secondary N) is 2. The first kappa shape index (κ1) is 21.5. The van der Waals surface area contributed by atoms with Crippen LogP contribution in [-0.2, 0) is 13.2 Å². The van der Waals surface area contributed by atoms with Crippen LogP contribution in [0.25, 0.3) is 22.4 Å². The molecular weight excluding hydrogens is 426 g/mol. The number of H-pyrrole nitrogens is 1. The van der Waals surface area contributed by atoms with Crippen LogP contribution in [0.3, 0.4) is 0 Å². The third-order valence-corrected chi connectivity index (χ3v) is 5.24. The molecule has 2 N–H and O–H groups in total. The van der Waals surface area contributed by atoms with Crippen LogP contribution >= 0.6 is 0 Å². The van der Waals surface area contributed by atoms with E-state index >= 15 is 0 Å². The van der Waals surface area contributed by atoms with Gasteiger partial charge in [0.25, 0.3) is 0 Å². The minimum absolute atomic E-state index is 0.531. The maximum absolute atomic E-state index is 5.88. The first-order valence-electron chi connectivity index (χ1n) is 11.0. The zero-order valence-corrected chi connectivity index (χ0v) is 19.1. The minimum Gasteiger partial charge on any atom is -0.489 e. The van der Waals surface area contributed by atoms with Crippen molar-refractivity contribution in [3.05, 3.63) is 90.6 Å². The largest absolute Gasteiger partial charge is 0.489 e. The molecule has 3 heterocycles. The number of nitrogens with zero attached hydrogens (tertiary/aromatic N) is 5. The molecule has 0 amide bonds. The number of benzene rings is 2. The number of hydrogen-bond acceptors (Lipinski definition) is 7. The Morgan fingerprint density at radius 1 is 0.912 bits per heavy atom. The molecule has 0 aliphatic rings. The summed E-state index contributed by atoms with van der Waals surface area (Å²) in [5.41, 5.74) is 4.55. The molecule has 2 aromatic carbocycles. The zero-order valence-electron chi connectivity index (χ0n) is 19.1. The van der Waals surface area contributed by atoms with Gasteiger partial charge in [0.1, 0.15) is 30.2 Å². The zero-order chi connectivity index (χ0) is 23.3. The van der Waals surface area contributed by atoms with Crippen molar-refractivity contribution in [2.24, 2.45) is 0 Å². The van der Waals surface area contributed by atoms with Crippen LogP contribution < -0.4 is 10.1 Å². The van der Waals surface area contributed by atoms with Crippen LogP contribution in [-0.4, -0.2) is 43.9 Å². The molecule has 0 saturated carbocycles. The average Bonchev–Trinajstić information content (AvgIpc) is 3.32. The molecule has 8 nitrogen and oxygen atoms in total. The lowest BCUT2D eigenvalue weighted by Gasteiger charge is -2.10. The highest BCUT2D eigenvalue weighted by atomic mass is 16.5. The molecule has 0 radical (unpaired) electrons. The summed E-state index contributed by atoms with van der Waals surface area (Å²) in [4.78, 5) is 23.3. The Kier molecular flexibility index (Phi) is 6.13. The van der Waals surface area contributed by atoms with Crippen molar-refractivity contribution in [2.75, 3.05) is 19.4 Å². The quantitative estimate of drug-likeness (QED) is 0.350. The molecule has 170 valence electrons. The van der Waals surface area contributed by atoms with E-state index < -0.39 is 0 Å². The highest BCUT2D eigenvalue weighted by Gasteiger charge is 2.11. The summed E-state index contributed by atoms with van der Waals surface area (Å²) in [5.74, 6) is 2.22. The van der Waals surface area contributed by atoms with E-state index in [9.17, 15) is 0 Å². The SMILES string of the molecule is CN(C)Cc1cnc(-c2cc3c(Nc4ccc(OCc5ccccc5)cc4)ncnc3cn2)[nH]1. The molecule has 0 aliphatic heterocycles. The van der Waals surface area contributed by atoms with E-state index in [1.54, 1.807) is 6.20 Å². The lowest BCUT2D eigenvalue weighted by molar-refractivity contribution is 0.306. The first-order valence-corrected chi connectivity index (χ1v) is 11.0. The maximum atomic E-state index is 5.88. The predicted molar refractivity (Wildman–Crippen MR) is 133 cm³/mol. The number of aromatic nitrogens is 5. The molecular formula is C26H25N7O. The van der Waals surface area contributed by atoms with E-state index in [-0.39, 0.29) is 0 Å². The number of rotatable bonds is 8. The molecule has 0 fully saturated rings. The van der Waals surface area contributed by atoms with Crippen LogP contribution in [0.4, 0.5) is 11.5 Å². The van der Waals surface area contributed by atoms with Gasteiger partial charge in [-0.3, -0.25) is 4.98 Å². The highest BCUT2D eigenvalue weighted by molar-refractivity contribution is 5.92. The van der Waals surface area contributed by atoms with E-state index in [0.29, 0.717) is 18.2 Å². The average molecular weight is 452 g/mol. The second-order valence-electron chi connectivity index (χ2n) is 8.23. The fourth-order valence-corrected chi connectivity index (χ4v) is 3.61. The minimum atomic E-state index is 0.531. The molecule has 0 spiro atoms. The van der Waals surface area contributed by atoms with Gasteiger partial charge in [0.15, 0.2) is 5.82 Å². The molecule has 0 aliphatic carbocycles. The van der Waals surface area contributed by atoms with Crippen molar-refractivity contribution in [1.29, 1.82) is 0 Å². The Bertz CT molecular complexity index is 1380. The van der Waals surface area contributed by atoms with E-state index in [1.165, 1.54) is 6.33 Å². The highest BCUT2D eigenvalue weighted by Crippen LogP contribution is 2.27. The molecule has 0 atom stereocenters. The van der Waals surface area contributed by atoms with Crippen LogP contribution in [0.5, 0.6) is 5.75 Å². The van der Waals surface area contributed by atoms with Crippen LogP contribution in [0.2, 0.25) is 0 Å². The molecule has 34 heavy (non-hydrogen) atoms.